The number of halogens is 1. The molecule has 37 heavy (non-hydrogen) atoms. The van der Waals surface area contributed by atoms with Crippen molar-refractivity contribution in [3.8, 4) is 28.8 Å². The minimum Gasteiger partial charge on any atom is -0.494 e. The Kier molecular flexibility index (Phi) is 5.26. The third-order valence-corrected chi connectivity index (χ3v) is 6.66. The molecule has 0 spiro atoms. The van der Waals surface area contributed by atoms with Gasteiger partial charge in [-0.1, -0.05) is 12.1 Å². The number of hydrogen-bond donors (Lipinski definition) is 1. The van der Waals surface area contributed by atoms with Crippen molar-refractivity contribution in [1.82, 2.24) is 24.9 Å². The Morgan fingerprint density at radius 3 is 2.76 bits per heavy atom. The van der Waals surface area contributed by atoms with Crippen LogP contribution < -0.4 is 15.2 Å². The van der Waals surface area contributed by atoms with E-state index in [2.05, 4.69) is 20.2 Å². The normalized spacial score (nSPS) is 17.0. The summed E-state index contributed by atoms with van der Waals surface area (Å²) in [5, 5.41) is 20.7. The summed E-state index contributed by atoms with van der Waals surface area (Å²) in [6, 6.07) is 13.3. The van der Waals surface area contributed by atoms with Crippen molar-refractivity contribution in [1.29, 1.82) is 5.26 Å². The number of H-pyrrole nitrogens is 1. The topological polar surface area (TPSA) is 129 Å². The number of amides is 1. The number of nitrogens with zero attached hydrogens (tertiary/aromatic N) is 6. The fourth-order valence-electron chi connectivity index (χ4n) is 4.80. The zero-order chi connectivity index (χ0) is 25.7. The number of nitriles is 1. The summed E-state index contributed by atoms with van der Waals surface area (Å²) in [4.78, 5) is 28.5. The van der Waals surface area contributed by atoms with E-state index in [9.17, 15) is 14.0 Å². The number of rotatable bonds is 4. The Labute approximate surface area is 209 Å². The molecule has 6 rings (SSSR count). The number of aromatic nitrogens is 4. The molecule has 1 unspecified atom stereocenters. The van der Waals surface area contributed by atoms with Gasteiger partial charge in [-0.2, -0.15) is 20.1 Å². The number of carbonyl (C=O) groups is 1. The van der Waals surface area contributed by atoms with Crippen molar-refractivity contribution >= 4 is 22.8 Å². The van der Waals surface area contributed by atoms with Crippen LogP contribution in [0, 0.1) is 17.1 Å². The first kappa shape index (κ1) is 22.5. The molecule has 1 atom stereocenters. The second-order valence-electron chi connectivity index (χ2n) is 8.77. The standard InChI is InChI=1S/C25H20FN7O4/c1-36-20-9-14(11-27)8-18(26)24(20)33-21(34)10-19-23(30-33)22(29-28-19)15-2-4-16(5-3-15)31-6-7-32-17(12-31)13-37-25(32)35/h2-5,8-10,17,28H,6-7,12-13H2,1H3. The van der Waals surface area contributed by atoms with Gasteiger partial charge in [-0.15, -0.1) is 0 Å². The second kappa shape index (κ2) is 8.63. The van der Waals surface area contributed by atoms with Crippen molar-refractivity contribution in [2.24, 2.45) is 0 Å². The molecule has 4 heterocycles. The first-order valence-electron chi connectivity index (χ1n) is 11.5. The van der Waals surface area contributed by atoms with Crippen LogP contribution in [-0.4, -0.2) is 70.4 Å². The SMILES string of the molecule is COc1cc(C#N)cc(F)c1-n1nc2c(-c3ccc(N4CCN5C(=O)OCC5C4)cc3)n[nH]c2cc1=O. The minimum absolute atomic E-state index is 0.00866. The maximum absolute atomic E-state index is 14.9. The molecule has 2 aromatic carbocycles. The highest BCUT2D eigenvalue weighted by atomic mass is 19.1. The predicted octanol–water partition coefficient (Wildman–Crippen LogP) is 2.44. The summed E-state index contributed by atoms with van der Waals surface area (Å²) in [7, 11) is 1.32. The molecule has 1 amide bonds. The summed E-state index contributed by atoms with van der Waals surface area (Å²) in [5.74, 6) is -0.803. The van der Waals surface area contributed by atoms with Gasteiger partial charge in [0.25, 0.3) is 5.56 Å². The smallest absolute Gasteiger partial charge is 0.410 e. The number of carbonyl (C=O) groups excluding carboxylic acids is 1. The van der Waals surface area contributed by atoms with Crippen molar-refractivity contribution < 1.29 is 18.7 Å². The van der Waals surface area contributed by atoms with E-state index in [1.165, 1.54) is 19.2 Å². The predicted molar refractivity (Wildman–Crippen MR) is 130 cm³/mol. The lowest BCUT2D eigenvalue weighted by Crippen LogP contribution is -2.52. The Hall–Kier alpha value is -4.92. The number of ether oxygens (including phenoxy) is 2. The van der Waals surface area contributed by atoms with E-state index in [0.29, 0.717) is 43.0 Å². The van der Waals surface area contributed by atoms with Crippen molar-refractivity contribution in [3.05, 3.63) is 64.2 Å². The Balaban J connectivity index is 1.35. The lowest BCUT2D eigenvalue weighted by atomic mass is 10.1. The first-order chi connectivity index (χ1) is 18.0. The van der Waals surface area contributed by atoms with Gasteiger partial charge >= 0.3 is 6.09 Å². The van der Waals surface area contributed by atoms with Crippen molar-refractivity contribution in [2.75, 3.05) is 38.3 Å². The zero-order valence-electron chi connectivity index (χ0n) is 19.6. The molecule has 0 bridgehead atoms. The van der Waals surface area contributed by atoms with Crippen LogP contribution in [0.1, 0.15) is 5.56 Å². The van der Waals surface area contributed by atoms with Crippen LogP contribution in [0.4, 0.5) is 14.9 Å². The van der Waals surface area contributed by atoms with E-state index in [-0.39, 0.29) is 29.1 Å². The zero-order valence-corrected chi connectivity index (χ0v) is 19.6. The summed E-state index contributed by atoms with van der Waals surface area (Å²) in [5.41, 5.74) is 2.28. The van der Waals surface area contributed by atoms with E-state index in [4.69, 9.17) is 14.7 Å². The molecule has 12 heteroatoms. The molecule has 2 aliphatic heterocycles. The maximum atomic E-state index is 14.9. The molecule has 4 aromatic rings. The average molecular weight is 501 g/mol. The summed E-state index contributed by atoms with van der Waals surface area (Å²) < 4.78 is 26.2. The molecular formula is C25H20FN7O4. The molecular weight excluding hydrogens is 481 g/mol. The summed E-state index contributed by atoms with van der Waals surface area (Å²) >= 11 is 0. The molecule has 0 aliphatic carbocycles. The highest BCUT2D eigenvalue weighted by molar-refractivity contribution is 5.89. The first-order valence-corrected chi connectivity index (χ1v) is 11.5. The van der Waals surface area contributed by atoms with Crippen LogP contribution in [0.5, 0.6) is 5.75 Å². The molecule has 2 aromatic heterocycles. The van der Waals surface area contributed by atoms with Gasteiger partial charge in [0.1, 0.15) is 29.3 Å². The molecule has 1 N–H and O–H groups in total. The van der Waals surface area contributed by atoms with E-state index < -0.39 is 11.4 Å². The fraction of sp³-hybridized carbons (Fsp3) is 0.240. The van der Waals surface area contributed by atoms with Crippen LogP contribution in [-0.2, 0) is 4.74 Å². The van der Waals surface area contributed by atoms with Gasteiger partial charge in [0.15, 0.2) is 5.82 Å². The third kappa shape index (κ3) is 3.72. The second-order valence-corrected chi connectivity index (χ2v) is 8.77. The minimum atomic E-state index is -0.811. The quantitative estimate of drug-likeness (QED) is 0.451. The number of fused-ring (bicyclic) bond motifs is 2. The van der Waals surface area contributed by atoms with Gasteiger partial charge in [0.05, 0.1) is 30.3 Å². The Morgan fingerprint density at radius 1 is 1.19 bits per heavy atom. The molecule has 0 saturated carbocycles. The van der Waals surface area contributed by atoms with Crippen LogP contribution in [0.3, 0.4) is 0 Å². The largest absolute Gasteiger partial charge is 0.494 e. The number of cyclic esters (lactones) is 1. The van der Waals surface area contributed by atoms with Crippen LogP contribution in [0.2, 0.25) is 0 Å². The Morgan fingerprint density at radius 2 is 2.00 bits per heavy atom. The van der Waals surface area contributed by atoms with E-state index in [0.717, 1.165) is 22.0 Å². The third-order valence-electron chi connectivity index (χ3n) is 6.66. The van der Waals surface area contributed by atoms with E-state index in [1.807, 2.05) is 30.3 Å². The molecule has 2 aliphatic rings. The van der Waals surface area contributed by atoms with Crippen molar-refractivity contribution in [2.45, 2.75) is 6.04 Å². The number of methoxy groups -OCH3 is 1. The number of aromatic amines is 1. The van der Waals surface area contributed by atoms with Gasteiger partial charge in [0.2, 0.25) is 0 Å². The van der Waals surface area contributed by atoms with Crippen molar-refractivity contribution in [3.63, 3.8) is 0 Å². The number of hydrogen-bond acceptors (Lipinski definition) is 8. The van der Waals surface area contributed by atoms with Gasteiger partial charge in [-0.25, -0.2) is 9.18 Å². The molecule has 11 nitrogen and oxygen atoms in total. The molecule has 2 saturated heterocycles. The van der Waals surface area contributed by atoms with Crippen LogP contribution >= 0.6 is 0 Å². The van der Waals surface area contributed by atoms with Gasteiger partial charge < -0.3 is 14.4 Å². The number of nitrogens with one attached hydrogen (secondary N) is 1. The van der Waals surface area contributed by atoms with Crippen LogP contribution in [0.15, 0.2) is 47.3 Å². The number of anilines is 1. The summed E-state index contributed by atoms with van der Waals surface area (Å²) in [6.45, 7) is 2.38. The average Bonchev–Trinajstić information content (AvgIpc) is 3.50. The molecule has 2 fully saturated rings. The monoisotopic (exact) mass is 501 g/mol. The molecule has 186 valence electrons. The van der Waals surface area contributed by atoms with E-state index in [1.54, 1.807) is 4.90 Å². The van der Waals surface area contributed by atoms with Gasteiger partial charge in [0, 0.05) is 43.0 Å². The molecule has 0 radical (unpaired) electrons. The van der Waals surface area contributed by atoms with E-state index >= 15 is 0 Å². The lowest BCUT2D eigenvalue weighted by Gasteiger charge is -2.36. The number of piperazine rings is 1. The van der Waals surface area contributed by atoms with Gasteiger partial charge in [-0.3, -0.25) is 14.8 Å². The van der Waals surface area contributed by atoms with Gasteiger partial charge in [-0.05, 0) is 18.2 Å². The highest BCUT2D eigenvalue weighted by Crippen LogP contribution is 2.30. The highest BCUT2D eigenvalue weighted by Gasteiger charge is 2.37. The lowest BCUT2D eigenvalue weighted by molar-refractivity contribution is 0.157. The number of benzene rings is 2. The summed E-state index contributed by atoms with van der Waals surface area (Å²) in [6.07, 6.45) is -0.255. The van der Waals surface area contributed by atoms with Crippen LogP contribution in [0.25, 0.3) is 28.0 Å². The Bertz CT molecular complexity index is 1640. The fourth-order valence-corrected chi connectivity index (χ4v) is 4.80. The maximum Gasteiger partial charge on any atom is 0.410 e.